The van der Waals surface area contributed by atoms with E-state index < -0.39 is 60.8 Å². The van der Waals surface area contributed by atoms with Gasteiger partial charge in [0.1, 0.15) is 35.8 Å². The van der Waals surface area contributed by atoms with Crippen molar-refractivity contribution in [3.63, 3.8) is 0 Å². The van der Waals surface area contributed by atoms with E-state index >= 15 is 0 Å². The van der Waals surface area contributed by atoms with Crippen LogP contribution >= 0.6 is 0 Å². The van der Waals surface area contributed by atoms with Gasteiger partial charge in [-0.3, -0.25) is 9.36 Å². The fourth-order valence-electron chi connectivity index (χ4n) is 6.37. The van der Waals surface area contributed by atoms with Crippen molar-refractivity contribution in [2.24, 2.45) is 22.9 Å². The molecule has 2 saturated carbocycles. The van der Waals surface area contributed by atoms with Gasteiger partial charge in [0.2, 0.25) is 0 Å². The van der Waals surface area contributed by atoms with E-state index in [-0.39, 0.29) is 13.2 Å². The van der Waals surface area contributed by atoms with E-state index in [1.54, 1.807) is 0 Å². The molecule has 2 fully saturated rings. The number of nitrogens with two attached hydrogens (primary N) is 4. The minimum Gasteiger partial charge on any atom is -0.389 e. The van der Waals surface area contributed by atoms with Crippen LogP contribution in [0.2, 0.25) is 0 Å². The quantitative estimate of drug-likeness (QED) is 0.0829. The largest absolute Gasteiger partial charge is 0.389 e. The van der Waals surface area contributed by atoms with Gasteiger partial charge in [0.15, 0.2) is 0 Å². The molecule has 0 unspecified atom stereocenters. The van der Waals surface area contributed by atoms with Crippen LogP contribution < -0.4 is 22.9 Å². The summed E-state index contributed by atoms with van der Waals surface area (Å²) in [5.74, 6) is 0. The van der Waals surface area contributed by atoms with E-state index in [1.807, 2.05) is 21.8 Å². The molecule has 46 heavy (non-hydrogen) atoms. The van der Waals surface area contributed by atoms with Crippen LogP contribution in [-0.4, -0.2) is 111 Å². The summed E-state index contributed by atoms with van der Waals surface area (Å²) in [6.45, 7) is 1.92. The molecule has 2 aromatic heterocycles. The number of ether oxygens (including phenoxy) is 2. The second-order valence-corrected chi connectivity index (χ2v) is 13.1. The van der Waals surface area contributed by atoms with Crippen molar-refractivity contribution < 1.29 is 29.9 Å². The van der Waals surface area contributed by atoms with Gasteiger partial charge in [-0.2, -0.15) is 0 Å². The highest BCUT2D eigenvalue weighted by Gasteiger charge is 2.42. The van der Waals surface area contributed by atoms with Crippen molar-refractivity contribution in [2.75, 3.05) is 0 Å². The zero-order valence-corrected chi connectivity index (χ0v) is 26.8. The Bertz CT molecular complexity index is 1050. The first-order valence-corrected chi connectivity index (χ1v) is 16.9. The number of aliphatic hydroxyl groups is 4. The van der Waals surface area contributed by atoms with E-state index in [0.717, 1.165) is 38.8 Å². The van der Waals surface area contributed by atoms with Crippen LogP contribution in [-0.2, 0) is 35.8 Å². The summed E-state index contributed by atoms with van der Waals surface area (Å²) in [6, 6.07) is -2.00. The second kappa shape index (κ2) is 18.4. The molecule has 2 aromatic rings. The summed E-state index contributed by atoms with van der Waals surface area (Å²) in [5.41, 5.74) is 25.1. The van der Waals surface area contributed by atoms with Gasteiger partial charge in [-0.05, 0) is 25.7 Å². The first kappa shape index (κ1) is 36.7. The summed E-state index contributed by atoms with van der Waals surface area (Å²) < 4.78 is 15.1. The molecule has 4 rings (SSSR count). The highest BCUT2D eigenvalue weighted by atomic mass is 16.5. The lowest BCUT2D eigenvalue weighted by molar-refractivity contribution is -0.132. The van der Waals surface area contributed by atoms with Gasteiger partial charge in [-0.1, -0.05) is 61.8 Å². The molecule has 0 saturated heterocycles. The van der Waals surface area contributed by atoms with E-state index in [0.29, 0.717) is 24.2 Å². The highest BCUT2D eigenvalue weighted by molar-refractivity contribution is 5.00. The maximum atomic E-state index is 10.2. The van der Waals surface area contributed by atoms with Crippen LogP contribution in [0, 0.1) is 0 Å². The summed E-state index contributed by atoms with van der Waals surface area (Å²) >= 11 is 0. The maximum absolute atomic E-state index is 10.2. The number of rotatable bonds is 19. The van der Waals surface area contributed by atoms with Crippen molar-refractivity contribution >= 4 is 0 Å². The number of hydrogen-bond donors (Lipinski definition) is 8. The Labute approximate surface area is 270 Å². The molecule has 0 spiro atoms. The molecular formula is C30H56N10O6. The van der Waals surface area contributed by atoms with Gasteiger partial charge in [-0.15, -0.1) is 10.2 Å². The molecule has 16 heteroatoms. The molecular weight excluding hydrogens is 596 g/mol. The SMILES string of the molecule is N[C@@H]1C[C@H](N)[C@@H](OCc2cn(CCCCCCCCCCCCn3cc(CO[C@H]4[C@H](O)[C@@H](O)[C@H](N)C[C@@H]4N)nn3)nn2)[C@H](O)[C@H]1O. The maximum Gasteiger partial charge on any atom is 0.109 e. The van der Waals surface area contributed by atoms with Crippen LogP contribution in [0.5, 0.6) is 0 Å². The number of hydrogen-bond acceptors (Lipinski definition) is 14. The Balaban J connectivity index is 0.961. The van der Waals surface area contributed by atoms with Crippen LogP contribution in [0.25, 0.3) is 0 Å². The molecule has 16 nitrogen and oxygen atoms in total. The Morgan fingerprint density at radius 2 is 0.891 bits per heavy atom. The van der Waals surface area contributed by atoms with Gasteiger partial charge in [-0.25, -0.2) is 0 Å². The van der Waals surface area contributed by atoms with Crippen molar-refractivity contribution in [3.05, 3.63) is 23.8 Å². The minimum atomic E-state index is -1.12. The summed E-state index contributed by atoms with van der Waals surface area (Å²) in [6.07, 6.45) is 10.4. The first-order valence-electron chi connectivity index (χ1n) is 16.9. The van der Waals surface area contributed by atoms with E-state index in [9.17, 15) is 20.4 Å². The monoisotopic (exact) mass is 652 g/mol. The van der Waals surface area contributed by atoms with Gasteiger partial charge in [0.25, 0.3) is 0 Å². The standard InChI is InChI=1S/C30H56N10O6/c31-21-13-23(33)29(27(43)25(21)41)45-17-19-15-39(37-35-19)11-9-7-5-3-1-2-4-6-8-10-12-40-16-20(36-38-40)18-46-30-24(34)14-22(32)26(42)28(30)44/h15-16,21-30,41-44H,1-14,17-18,31-34H2/t21-,22-,23+,24+,25+,26+,27-,28-,29-,30-/m1/s1. The third-order valence-electron chi connectivity index (χ3n) is 9.23. The smallest absolute Gasteiger partial charge is 0.109 e. The van der Waals surface area contributed by atoms with Gasteiger partial charge >= 0.3 is 0 Å². The number of aryl methyl sites for hydroxylation is 2. The topological polar surface area (TPSA) is 265 Å². The Morgan fingerprint density at radius 3 is 1.26 bits per heavy atom. The predicted molar refractivity (Wildman–Crippen MR) is 169 cm³/mol. The molecule has 0 aromatic carbocycles. The molecule has 2 aliphatic rings. The molecule has 10 atom stereocenters. The minimum absolute atomic E-state index is 0.167. The zero-order valence-electron chi connectivity index (χ0n) is 26.8. The van der Waals surface area contributed by atoms with Crippen LogP contribution in [0.4, 0.5) is 0 Å². The molecule has 12 N–H and O–H groups in total. The first-order chi connectivity index (χ1) is 22.1. The molecule has 0 amide bonds. The second-order valence-electron chi connectivity index (χ2n) is 13.1. The third-order valence-corrected chi connectivity index (χ3v) is 9.23. The van der Waals surface area contributed by atoms with E-state index in [4.69, 9.17) is 32.4 Å². The van der Waals surface area contributed by atoms with Crippen molar-refractivity contribution in [1.82, 2.24) is 30.0 Å². The fraction of sp³-hybridized carbons (Fsp3) is 0.867. The highest BCUT2D eigenvalue weighted by Crippen LogP contribution is 2.23. The van der Waals surface area contributed by atoms with E-state index in [1.165, 1.54) is 38.5 Å². The molecule has 2 aliphatic carbocycles. The lowest BCUT2D eigenvalue weighted by Crippen LogP contribution is -2.61. The normalized spacial score (nSPS) is 31.8. The van der Waals surface area contributed by atoms with Crippen molar-refractivity contribution in [2.45, 2.75) is 164 Å². The van der Waals surface area contributed by atoms with E-state index in [2.05, 4.69) is 20.6 Å². The summed E-state index contributed by atoms with van der Waals surface area (Å²) in [7, 11) is 0. The number of nitrogens with zero attached hydrogens (tertiary/aromatic N) is 6. The van der Waals surface area contributed by atoms with Crippen LogP contribution in [0.15, 0.2) is 12.4 Å². The van der Waals surface area contributed by atoms with Crippen molar-refractivity contribution in [1.29, 1.82) is 0 Å². The summed E-state index contributed by atoms with van der Waals surface area (Å²) in [5, 5.41) is 57.1. The van der Waals surface area contributed by atoms with Crippen LogP contribution in [0.1, 0.15) is 88.4 Å². The van der Waals surface area contributed by atoms with Gasteiger partial charge < -0.3 is 52.8 Å². The van der Waals surface area contributed by atoms with Crippen molar-refractivity contribution in [3.8, 4) is 0 Å². The third kappa shape index (κ3) is 10.7. The Kier molecular flexibility index (Phi) is 14.7. The fourth-order valence-corrected chi connectivity index (χ4v) is 6.37. The molecule has 2 heterocycles. The molecule has 262 valence electrons. The number of unbranched alkanes of at least 4 members (excludes halogenated alkanes) is 9. The lowest BCUT2D eigenvalue weighted by Gasteiger charge is -2.39. The molecule has 0 aliphatic heterocycles. The Morgan fingerprint density at radius 1 is 0.543 bits per heavy atom. The summed E-state index contributed by atoms with van der Waals surface area (Å²) in [4.78, 5) is 0. The number of aromatic nitrogens is 6. The van der Waals surface area contributed by atoms with Crippen LogP contribution in [0.3, 0.4) is 0 Å². The van der Waals surface area contributed by atoms with Gasteiger partial charge in [0, 0.05) is 37.3 Å². The van der Waals surface area contributed by atoms with Gasteiger partial charge in [0.05, 0.1) is 37.8 Å². The Hall–Kier alpha value is -2.12. The average Bonchev–Trinajstić information content (AvgIpc) is 3.68. The number of aliphatic hydroxyl groups excluding tert-OH is 4. The average molecular weight is 653 g/mol. The zero-order chi connectivity index (χ0) is 33.1. The molecule has 0 radical (unpaired) electrons. The lowest BCUT2D eigenvalue weighted by atomic mass is 9.85. The predicted octanol–water partition coefficient (Wildman–Crippen LogP) is -1.20. The molecule has 0 bridgehead atoms.